The molecule has 5 N–H and O–H groups in total. The standard InChI is InChI=1S/2C9H8F2N4.2C8H5BrF2N4.2C8H7F2N5.C7H5BrClNO2.C6H3BrClF2N.C6H3BrClNO.C2H3N3.CH4/c1-6-4-7(8(10)11)9(12-5-6)15-3-2-13-14-15;1-6-4-7(8(10)11)9(12-5-6)15-13-2-3-14-15;9-5-3-6(7(10)11)8(12-4-5)15-2-1-13-14-15;9-5-3-6(7(10)11)8(12-4-5)15-13-1-2-14-15;9-7(10)6-3-5(11)4-12-8(6)15-2-1-13-14-15;9-7(10)6-3-5(11)4-12-8(6)15-13-1-2-14-15;1-12-7(11)5-2-4(8)3-10-6(5)9;7-3-1-4(6(9)10)5(8)11-2-3;7-5-1-4(3-10)6(8)9-2-5;1-2-4-5-3-1;/h2*2-5,8H,1H3;2*1-4,7H;2*1-4,7H,11H2;2-3H,1H3;1-2,6H;1-3H;1-2H,(H,3,4,5);1H4. The summed E-state index contributed by atoms with van der Waals surface area (Å²) in [6, 6.07) is 12.2. The Hall–Kier alpha value is -12.6. The van der Waals surface area contributed by atoms with E-state index in [0.29, 0.717) is 40.9 Å². The molecule has 0 bridgehead atoms. The number of methoxy groups -OCH3 is 1. The first-order valence-corrected chi connectivity index (χ1v) is 39.4. The van der Waals surface area contributed by atoms with Crippen LogP contribution in [0.15, 0.2) is 219 Å². The number of hydrogen-bond donors (Lipinski definition) is 3. The number of rotatable bonds is 15. The number of alkyl halides is 14. The lowest BCUT2D eigenvalue weighted by molar-refractivity contribution is 0.0599. The first-order valence-electron chi connectivity index (χ1n) is 34.3. The number of nitrogens with two attached hydrogens (primary N) is 2. The number of aryl methyl sites for hydroxylation is 2. The molecule has 0 aliphatic heterocycles. The van der Waals surface area contributed by atoms with Crippen molar-refractivity contribution in [3.63, 3.8) is 0 Å². The maximum atomic E-state index is 12.7. The molecule has 0 unspecified atom stereocenters. The number of aldehydes is 1. The second-order valence-electron chi connectivity index (χ2n) is 23.3. The summed E-state index contributed by atoms with van der Waals surface area (Å²) in [5.41, 5.74) is 11.7. The molecule has 16 aromatic heterocycles. The van der Waals surface area contributed by atoms with Crippen LogP contribution in [0.25, 0.3) is 34.9 Å². The second-order valence-corrected chi connectivity index (χ2v) is 28.9. The highest BCUT2D eigenvalue weighted by molar-refractivity contribution is 9.11. The first-order chi connectivity index (χ1) is 61.1. The molecule has 57 heteroatoms. The highest BCUT2D eigenvalue weighted by atomic mass is 79.9. The molecule has 0 atom stereocenters. The van der Waals surface area contributed by atoms with E-state index in [1.165, 1.54) is 188 Å². The van der Waals surface area contributed by atoms with Crippen molar-refractivity contribution in [3.8, 4) is 34.9 Å². The Morgan fingerprint density at radius 1 is 0.372 bits per heavy atom. The maximum Gasteiger partial charge on any atom is 0.341 e. The Labute approximate surface area is 774 Å². The Kier molecular flexibility index (Phi) is 43.4. The highest BCUT2D eigenvalue weighted by Gasteiger charge is 2.23. The summed E-state index contributed by atoms with van der Waals surface area (Å²) in [7, 11) is 1.29. The molecule has 0 aliphatic carbocycles. The van der Waals surface area contributed by atoms with Crippen LogP contribution in [0, 0.1) is 13.8 Å². The van der Waals surface area contributed by atoms with Crippen LogP contribution in [0.2, 0.25) is 15.5 Å². The number of aromatic amines is 1. The number of carbonyl (C=O) groups excluding carboxylic acids is 2. The summed E-state index contributed by atoms with van der Waals surface area (Å²) in [6.45, 7) is 3.42. The van der Waals surface area contributed by atoms with Gasteiger partial charge >= 0.3 is 5.97 Å². The van der Waals surface area contributed by atoms with Gasteiger partial charge in [-0.3, -0.25) is 4.79 Å². The molecule has 0 aromatic carbocycles. The Bertz CT molecular complexity index is 5360. The van der Waals surface area contributed by atoms with E-state index in [4.69, 9.17) is 46.3 Å². The molecule has 0 saturated carbocycles. The Balaban J connectivity index is 0.000000222. The van der Waals surface area contributed by atoms with E-state index in [1.54, 1.807) is 38.4 Å². The van der Waals surface area contributed by atoms with Crippen LogP contribution in [0.5, 0.6) is 0 Å². The number of esters is 1. The molecule has 35 nitrogen and oxygen atoms in total. The molecule has 0 aliphatic rings. The van der Waals surface area contributed by atoms with Crippen molar-refractivity contribution >= 4 is 138 Å². The van der Waals surface area contributed by atoms with Gasteiger partial charge in [0.15, 0.2) is 41.2 Å². The third-order valence-corrected chi connectivity index (χ3v) is 17.4. The van der Waals surface area contributed by atoms with Crippen molar-refractivity contribution in [3.05, 3.63) is 296 Å². The van der Waals surface area contributed by atoms with E-state index >= 15 is 0 Å². The number of anilines is 2. The van der Waals surface area contributed by atoms with Gasteiger partial charge in [0.05, 0.1) is 168 Å². The van der Waals surface area contributed by atoms with Gasteiger partial charge in [-0.2, -0.15) is 46.0 Å². The van der Waals surface area contributed by atoms with Crippen molar-refractivity contribution in [2.24, 2.45) is 0 Å². The fourth-order valence-corrected chi connectivity index (χ4v) is 11.2. The molecule has 16 aromatic rings. The van der Waals surface area contributed by atoms with Crippen molar-refractivity contribution in [1.29, 1.82) is 0 Å². The molecule has 0 saturated heterocycles. The molecule has 0 fully saturated rings. The summed E-state index contributed by atoms with van der Waals surface area (Å²) >= 11 is 32.1. The van der Waals surface area contributed by atoms with Gasteiger partial charge in [-0.05, 0) is 159 Å². The van der Waals surface area contributed by atoms with Gasteiger partial charge in [0, 0.05) is 65.7 Å². The smallest absolute Gasteiger partial charge is 0.341 e. The lowest BCUT2D eigenvalue weighted by Gasteiger charge is -2.07. The Morgan fingerprint density at radius 3 is 1.00 bits per heavy atom. The van der Waals surface area contributed by atoms with Crippen LogP contribution in [-0.4, -0.2) is 170 Å². The average molecular weight is 2190 g/mol. The fraction of sp³-hybridized carbons (Fsp3) is 0.153. The summed E-state index contributed by atoms with van der Waals surface area (Å²) < 4.78 is 187. The molecule has 0 spiro atoms. The van der Waals surface area contributed by atoms with Gasteiger partial charge in [0.2, 0.25) is 0 Å². The number of H-pyrrole nitrogens is 1. The molecule has 678 valence electrons. The van der Waals surface area contributed by atoms with Crippen molar-refractivity contribution in [2.45, 2.75) is 66.3 Å². The third kappa shape index (κ3) is 33.2. The van der Waals surface area contributed by atoms with Crippen molar-refractivity contribution in [1.82, 2.24) is 150 Å². The van der Waals surface area contributed by atoms with Gasteiger partial charge in [0.1, 0.15) is 15.5 Å². The number of ether oxygens (including phenoxy) is 1. The molecular formula is C72H58Br5Cl3F14N32O3. The van der Waals surface area contributed by atoms with Crippen molar-refractivity contribution < 1.29 is 75.8 Å². The number of nitrogens with one attached hydrogen (secondary N) is 1. The monoisotopic (exact) mass is 2180 g/mol. The minimum Gasteiger partial charge on any atom is -0.465 e. The van der Waals surface area contributed by atoms with Crippen LogP contribution >= 0.6 is 114 Å². The molecular weight excluding hydrogens is 2130 g/mol. The zero-order chi connectivity index (χ0) is 93.7. The normalized spacial score (nSPS) is 10.4. The number of aromatic nitrogens is 30. The number of carbonyl (C=O) groups is 2. The van der Waals surface area contributed by atoms with Crippen LogP contribution in [0.3, 0.4) is 0 Å². The minimum absolute atomic E-state index is 0. The maximum absolute atomic E-state index is 12.7. The number of nitrogen functional groups attached to an aromatic ring is 2. The van der Waals surface area contributed by atoms with Gasteiger partial charge < -0.3 is 16.2 Å². The predicted molar refractivity (Wildman–Crippen MR) is 454 cm³/mol. The SMILES string of the molecule is C.COC(=O)c1cc(Br)cnc1Cl.Cc1cnc(-n2ccnn2)c(C(F)F)c1.Cc1cnc(-n2nccn2)c(C(F)F)c1.FC(F)c1cc(Br)cnc1-n1ccnn1.FC(F)c1cc(Br)cnc1-n1nccn1.FC(F)c1cc(Br)cnc1Cl.Nc1cnc(-n2ccnn2)c(C(F)F)c1.Nc1cnc(-n2nccn2)c(C(F)F)c1.O=Cc1cc(Br)cnc1Cl.c1cn[nH]n1. The zero-order valence-electron chi connectivity index (χ0n) is 64.3. The number of pyridine rings is 9. The first kappa shape index (κ1) is 105. The average Bonchev–Trinajstić information content (AvgIpc) is 1.81. The van der Waals surface area contributed by atoms with E-state index in [9.17, 15) is 71.1 Å². The number of halogens is 22. The third-order valence-electron chi connectivity index (χ3n) is 14.3. The summed E-state index contributed by atoms with van der Waals surface area (Å²) in [5.74, 6) is -0.146. The molecule has 16 heterocycles. The van der Waals surface area contributed by atoms with Gasteiger partial charge in [0.25, 0.3) is 45.0 Å². The quantitative estimate of drug-likeness (QED) is 0.0371. The van der Waals surface area contributed by atoms with Crippen LogP contribution < -0.4 is 11.5 Å². The summed E-state index contributed by atoms with van der Waals surface area (Å²) in [5, 5.41) is 53.5. The molecule has 16 rings (SSSR count). The zero-order valence-corrected chi connectivity index (χ0v) is 74.5. The van der Waals surface area contributed by atoms with Crippen LogP contribution in [-0.2, 0) is 4.74 Å². The molecule has 0 amide bonds. The summed E-state index contributed by atoms with van der Waals surface area (Å²) in [6.07, 6.45) is 15.4. The van der Waals surface area contributed by atoms with Gasteiger partial charge in [-0.15, -0.1) is 29.7 Å². The molecule has 0 radical (unpaired) electrons. The minimum atomic E-state index is -2.66. The van der Waals surface area contributed by atoms with E-state index in [2.05, 4.69) is 206 Å². The lowest BCUT2D eigenvalue weighted by Crippen LogP contribution is -2.07. The van der Waals surface area contributed by atoms with E-state index in [0.717, 1.165) is 24.9 Å². The van der Waals surface area contributed by atoms with Crippen LogP contribution in [0.4, 0.5) is 72.8 Å². The second kappa shape index (κ2) is 53.2. The van der Waals surface area contributed by atoms with Gasteiger partial charge in [-0.1, -0.05) is 57.9 Å². The number of hydrogen-bond acceptors (Lipinski definition) is 28. The van der Waals surface area contributed by atoms with E-state index < -0.39 is 50.9 Å². The topological polar surface area (TPSA) is 437 Å². The fourth-order valence-electron chi connectivity index (χ4n) is 8.98. The van der Waals surface area contributed by atoms with Crippen molar-refractivity contribution in [2.75, 3.05) is 18.6 Å². The predicted octanol–water partition coefficient (Wildman–Crippen LogP) is 19.4. The molecule has 129 heavy (non-hydrogen) atoms. The highest BCUT2D eigenvalue weighted by Crippen LogP contribution is 2.33. The largest absolute Gasteiger partial charge is 0.465 e. The summed E-state index contributed by atoms with van der Waals surface area (Å²) in [4.78, 5) is 58.6. The van der Waals surface area contributed by atoms with Crippen LogP contribution in [0.1, 0.15) is 123 Å². The lowest BCUT2D eigenvalue weighted by atomic mass is 10.2. The van der Waals surface area contributed by atoms with Gasteiger partial charge in [-0.25, -0.2) is 125 Å². The Morgan fingerprint density at radius 2 is 0.659 bits per heavy atom. The van der Waals surface area contributed by atoms with E-state index in [-0.39, 0.29) is 114 Å². The number of nitrogens with zero attached hydrogens (tertiary/aromatic N) is 29. The van der Waals surface area contributed by atoms with E-state index in [1.807, 2.05) is 0 Å².